The summed E-state index contributed by atoms with van der Waals surface area (Å²) in [5.74, 6) is 3.87. The first-order valence-corrected chi connectivity index (χ1v) is 8.03. The van der Waals surface area contributed by atoms with Gasteiger partial charge in [0.15, 0.2) is 11.6 Å². The lowest BCUT2D eigenvalue weighted by molar-refractivity contribution is 0.391. The molecule has 0 aromatic carbocycles. The minimum Gasteiger partial charge on any atom is -0.359 e. The summed E-state index contributed by atoms with van der Waals surface area (Å²) < 4.78 is 2.19. The van der Waals surface area contributed by atoms with Crippen LogP contribution in [0.25, 0.3) is 0 Å². The maximum absolute atomic E-state index is 4.51. The summed E-state index contributed by atoms with van der Waals surface area (Å²) in [4.78, 5) is 9.08. The first-order chi connectivity index (χ1) is 10.7. The van der Waals surface area contributed by atoms with Gasteiger partial charge in [0, 0.05) is 39.3 Å². The van der Waals surface area contributed by atoms with Gasteiger partial charge in [-0.2, -0.15) is 0 Å². The molecule has 1 fully saturated rings. The Morgan fingerprint density at radius 2 is 2.05 bits per heavy atom. The number of nitrogens with zero attached hydrogens (tertiary/aromatic N) is 6. The van der Waals surface area contributed by atoms with E-state index < -0.39 is 0 Å². The van der Waals surface area contributed by atoms with E-state index in [1.54, 1.807) is 0 Å². The molecular formula is C16H22N6. The molecule has 2 aromatic heterocycles. The maximum atomic E-state index is 4.51. The van der Waals surface area contributed by atoms with Crippen LogP contribution in [0, 0.1) is 0 Å². The second kappa shape index (κ2) is 5.26. The van der Waals surface area contributed by atoms with Crippen LogP contribution in [-0.2, 0) is 13.6 Å². The second-order valence-electron chi connectivity index (χ2n) is 6.35. The smallest absolute Gasteiger partial charge is 0.152 e. The molecular weight excluding hydrogens is 276 g/mol. The molecule has 1 aliphatic heterocycles. The van der Waals surface area contributed by atoms with Gasteiger partial charge in [0.25, 0.3) is 0 Å². The van der Waals surface area contributed by atoms with Crippen LogP contribution in [0.5, 0.6) is 0 Å². The Kier molecular flexibility index (Phi) is 3.24. The van der Waals surface area contributed by atoms with Crippen LogP contribution >= 0.6 is 0 Å². The number of likely N-dealkylation sites (N-methyl/N-ethyl adjacent to an activating group) is 1. The number of hydrogen-bond acceptors (Lipinski definition) is 5. The molecule has 0 N–H and O–H groups in total. The van der Waals surface area contributed by atoms with Crippen molar-refractivity contribution in [3.05, 3.63) is 30.0 Å². The highest BCUT2D eigenvalue weighted by Gasteiger charge is 2.27. The van der Waals surface area contributed by atoms with Gasteiger partial charge < -0.3 is 14.4 Å². The van der Waals surface area contributed by atoms with Gasteiger partial charge in [-0.3, -0.25) is 0 Å². The fraction of sp³-hybridized carbons (Fsp3) is 0.562. The molecule has 1 saturated carbocycles. The van der Waals surface area contributed by atoms with Crippen molar-refractivity contribution in [2.75, 3.05) is 29.9 Å². The van der Waals surface area contributed by atoms with Crippen molar-refractivity contribution in [2.45, 2.75) is 31.7 Å². The van der Waals surface area contributed by atoms with Crippen molar-refractivity contribution < 1.29 is 0 Å². The van der Waals surface area contributed by atoms with Gasteiger partial charge in [0.05, 0.1) is 12.2 Å². The molecule has 116 valence electrons. The Morgan fingerprint density at radius 3 is 2.82 bits per heavy atom. The lowest BCUT2D eigenvalue weighted by Gasteiger charge is -2.35. The molecule has 3 heterocycles. The van der Waals surface area contributed by atoms with Crippen LogP contribution in [0.3, 0.4) is 0 Å². The minimum atomic E-state index is 0.618. The lowest BCUT2D eigenvalue weighted by Crippen LogP contribution is -2.39. The molecule has 0 amide bonds. The highest BCUT2D eigenvalue weighted by molar-refractivity contribution is 5.68. The summed E-state index contributed by atoms with van der Waals surface area (Å²) in [6.07, 6.45) is 5.70. The molecule has 2 aromatic rings. The number of pyridine rings is 1. The van der Waals surface area contributed by atoms with Gasteiger partial charge in [-0.15, -0.1) is 10.2 Å². The van der Waals surface area contributed by atoms with Crippen molar-refractivity contribution in [3.63, 3.8) is 0 Å². The Hall–Kier alpha value is -2.11. The standard InChI is InChI=1S/C16H22N6/c1-20-9-10-22(13-7-4-8-17-16(13)20)11-14-18-19-15(21(14)2)12-5-3-6-12/h4,7-8,12H,3,5-6,9-11H2,1-2H3. The normalized spacial score (nSPS) is 18.3. The average molecular weight is 298 g/mol. The van der Waals surface area contributed by atoms with Crippen molar-refractivity contribution >= 4 is 11.5 Å². The molecule has 6 heteroatoms. The lowest BCUT2D eigenvalue weighted by atomic mass is 9.85. The predicted octanol–water partition coefficient (Wildman–Crippen LogP) is 1.93. The fourth-order valence-corrected chi connectivity index (χ4v) is 3.30. The van der Waals surface area contributed by atoms with E-state index in [0.717, 1.165) is 37.1 Å². The topological polar surface area (TPSA) is 50.1 Å². The van der Waals surface area contributed by atoms with E-state index in [1.165, 1.54) is 24.9 Å². The van der Waals surface area contributed by atoms with Crippen LogP contribution < -0.4 is 9.80 Å². The van der Waals surface area contributed by atoms with E-state index in [4.69, 9.17) is 0 Å². The Labute approximate surface area is 130 Å². The molecule has 2 aliphatic rings. The average Bonchev–Trinajstić information content (AvgIpc) is 2.82. The zero-order valence-corrected chi connectivity index (χ0v) is 13.2. The summed E-state index contributed by atoms with van der Waals surface area (Å²) >= 11 is 0. The summed E-state index contributed by atoms with van der Waals surface area (Å²) in [5, 5.41) is 8.88. The summed E-state index contributed by atoms with van der Waals surface area (Å²) in [7, 11) is 4.20. The quantitative estimate of drug-likeness (QED) is 0.866. The van der Waals surface area contributed by atoms with Crippen molar-refractivity contribution in [1.29, 1.82) is 0 Å². The second-order valence-corrected chi connectivity index (χ2v) is 6.35. The van der Waals surface area contributed by atoms with Crippen LogP contribution in [0.15, 0.2) is 18.3 Å². The summed E-state index contributed by atoms with van der Waals surface area (Å²) in [6, 6.07) is 4.14. The van der Waals surface area contributed by atoms with Gasteiger partial charge in [0.1, 0.15) is 5.82 Å². The van der Waals surface area contributed by atoms with E-state index in [1.807, 2.05) is 12.3 Å². The Morgan fingerprint density at radius 1 is 1.18 bits per heavy atom. The summed E-state index contributed by atoms with van der Waals surface area (Å²) in [5.41, 5.74) is 1.18. The highest BCUT2D eigenvalue weighted by atomic mass is 15.3. The molecule has 0 radical (unpaired) electrons. The molecule has 4 rings (SSSR count). The summed E-state index contributed by atoms with van der Waals surface area (Å²) in [6.45, 7) is 2.76. The van der Waals surface area contributed by atoms with Gasteiger partial charge in [0.2, 0.25) is 0 Å². The number of anilines is 2. The van der Waals surface area contributed by atoms with E-state index in [-0.39, 0.29) is 0 Å². The largest absolute Gasteiger partial charge is 0.359 e. The first-order valence-electron chi connectivity index (χ1n) is 8.03. The van der Waals surface area contributed by atoms with E-state index in [2.05, 4.69) is 49.7 Å². The third kappa shape index (κ3) is 2.14. The fourth-order valence-electron chi connectivity index (χ4n) is 3.30. The van der Waals surface area contributed by atoms with Crippen molar-refractivity contribution in [2.24, 2.45) is 7.05 Å². The van der Waals surface area contributed by atoms with Gasteiger partial charge >= 0.3 is 0 Å². The molecule has 0 bridgehead atoms. The zero-order valence-electron chi connectivity index (χ0n) is 13.2. The first kappa shape index (κ1) is 13.5. The number of rotatable bonds is 3. The highest BCUT2D eigenvalue weighted by Crippen LogP contribution is 2.35. The third-order valence-electron chi connectivity index (χ3n) is 4.97. The zero-order chi connectivity index (χ0) is 15.1. The number of fused-ring (bicyclic) bond motifs is 1. The van der Waals surface area contributed by atoms with Crippen LogP contribution in [0.4, 0.5) is 11.5 Å². The van der Waals surface area contributed by atoms with Gasteiger partial charge in [-0.1, -0.05) is 6.42 Å². The van der Waals surface area contributed by atoms with Crippen molar-refractivity contribution in [3.8, 4) is 0 Å². The van der Waals surface area contributed by atoms with E-state index in [9.17, 15) is 0 Å². The third-order valence-corrected chi connectivity index (χ3v) is 4.97. The minimum absolute atomic E-state index is 0.618. The van der Waals surface area contributed by atoms with Gasteiger partial charge in [-0.05, 0) is 25.0 Å². The predicted molar refractivity (Wildman–Crippen MR) is 86.2 cm³/mol. The van der Waals surface area contributed by atoms with Crippen LogP contribution in [0.1, 0.15) is 36.8 Å². The molecule has 0 unspecified atom stereocenters. The Balaban J connectivity index is 1.59. The molecule has 1 aliphatic carbocycles. The monoisotopic (exact) mass is 298 g/mol. The molecule has 0 spiro atoms. The van der Waals surface area contributed by atoms with Crippen molar-refractivity contribution in [1.82, 2.24) is 19.7 Å². The van der Waals surface area contributed by atoms with Crippen LogP contribution in [0.2, 0.25) is 0 Å². The van der Waals surface area contributed by atoms with Crippen LogP contribution in [-0.4, -0.2) is 39.9 Å². The molecule has 22 heavy (non-hydrogen) atoms. The molecule has 6 nitrogen and oxygen atoms in total. The molecule has 0 atom stereocenters. The van der Waals surface area contributed by atoms with Gasteiger partial charge in [-0.25, -0.2) is 4.98 Å². The maximum Gasteiger partial charge on any atom is 0.152 e. The van der Waals surface area contributed by atoms with E-state index in [0.29, 0.717) is 5.92 Å². The Bertz CT molecular complexity index is 675. The number of hydrogen-bond donors (Lipinski definition) is 0. The van der Waals surface area contributed by atoms with E-state index >= 15 is 0 Å². The molecule has 0 saturated heterocycles. The number of aromatic nitrogens is 4. The SMILES string of the molecule is CN1CCN(Cc2nnc(C3CCC3)n2C)c2cccnc21.